The van der Waals surface area contributed by atoms with Crippen molar-refractivity contribution in [1.82, 2.24) is 16.0 Å². The fourth-order valence-electron chi connectivity index (χ4n) is 7.85. The molecule has 0 fully saturated rings. The molecule has 13 nitrogen and oxygen atoms in total. The van der Waals surface area contributed by atoms with Crippen LogP contribution < -0.4 is 72.4 Å². The Morgan fingerprint density at radius 1 is 0.638 bits per heavy atom. The molecule has 0 aliphatic rings. The van der Waals surface area contributed by atoms with Crippen molar-refractivity contribution in [3.8, 4) is 22.6 Å². The maximum Gasteiger partial charge on any atom is 0.338 e. The topological polar surface area (TPSA) is 209 Å². The number of quaternary nitrogens is 1. The second kappa shape index (κ2) is 32.8. The van der Waals surface area contributed by atoms with Crippen molar-refractivity contribution in [2.75, 3.05) is 32.9 Å². The second-order valence-corrected chi connectivity index (χ2v) is 17.5. The van der Waals surface area contributed by atoms with E-state index in [1.165, 1.54) is 0 Å². The first kappa shape index (κ1) is 62.1. The Kier molecular flexibility index (Phi) is 29.6. The molecule has 0 heterocycles. The SMILES string of the molecule is CC(C)CCOc1ccc2ccccc2c1-c1c(OCC(=O)N[C@H](CCCC[NH3+])C(=O)N[C@H](CCC[NH+]=C(N)N)C(=O)N[C@H](COCc2ccccc2)CC(C)C)ccc2ccccc12.S.S.[Cl-].[Cl-]. The number of ether oxygens (including phenoxy) is 3. The molecule has 0 aliphatic heterocycles. The first-order valence-corrected chi connectivity index (χ1v) is 23.2. The van der Waals surface area contributed by atoms with Crippen LogP contribution >= 0.6 is 27.0 Å². The highest BCUT2D eigenvalue weighted by atomic mass is 35.5. The minimum atomic E-state index is -0.935. The van der Waals surface area contributed by atoms with Gasteiger partial charge < -0.3 is 60.7 Å². The van der Waals surface area contributed by atoms with E-state index in [-0.39, 0.29) is 82.2 Å². The molecular weight excluding hydrogens is 954 g/mol. The molecule has 69 heavy (non-hydrogen) atoms. The molecule has 0 aromatic heterocycles. The van der Waals surface area contributed by atoms with Crippen LogP contribution in [0.2, 0.25) is 0 Å². The number of unbranched alkanes of at least 4 members (excludes halogenated alkanes) is 1. The van der Waals surface area contributed by atoms with Crippen LogP contribution in [0.25, 0.3) is 32.7 Å². The molecule has 0 unspecified atom stereocenters. The third kappa shape index (κ3) is 20.2. The van der Waals surface area contributed by atoms with Crippen LogP contribution in [0.1, 0.15) is 78.2 Å². The Labute approximate surface area is 434 Å². The van der Waals surface area contributed by atoms with E-state index in [0.29, 0.717) is 76.7 Å². The first-order valence-electron chi connectivity index (χ1n) is 23.2. The Bertz CT molecular complexity index is 2340. The first-order chi connectivity index (χ1) is 31.4. The summed E-state index contributed by atoms with van der Waals surface area (Å²) in [6.07, 6.45) is 4.09. The molecule has 380 valence electrons. The number of hydrogen-bond donors (Lipinski definition) is 7. The third-order valence-corrected chi connectivity index (χ3v) is 11.2. The van der Waals surface area contributed by atoms with Gasteiger partial charge in [-0.3, -0.25) is 30.8 Å². The number of halogens is 2. The number of nitrogens with one attached hydrogen (secondary N) is 4. The number of rotatable bonds is 27. The summed E-state index contributed by atoms with van der Waals surface area (Å²) >= 11 is 0. The minimum Gasteiger partial charge on any atom is -1.00 e. The van der Waals surface area contributed by atoms with E-state index in [4.69, 9.17) is 25.7 Å². The number of carbonyl (C=O) groups is 3. The summed E-state index contributed by atoms with van der Waals surface area (Å²) in [4.78, 5) is 45.1. The van der Waals surface area contributed by atoms with Crippen LogP contribution in [0.3, 0.4) is 0 Å². The minimum absolute atomic E-state index is 0. The highest BCUT2D eigenvalue weighted by molar-refractivity contribution is 7.59. The van der Waals surface area contributed by atoms with Crippen molar-refractivity contribution in [3.63, 3.8) is 0 Å². The maximum absolute atomic E-state index is 14.2. The van der Waals surface area contributed by atoms with Crippen LogP contribution in [0.4, 0.5) is 0 Å². The molecule has 0 radical (unpaired) electrons. The second-order valence-electron chi connectivity index (χ2n) is 17.5. The van der Waals surface area contributed by atoms with Gasteiger partial charge in [-0.1, -0.05) is 119 Å². The predicted molar refractivity (Wildman–Crippen MR) is 279 cm³/mol. The predicted octanol–water partition coefficient (Wildman–Crippen LogP) is -1.04. The van der Waals surface area contributed by atoms with Crippen LogP contribution in [-0.2, 0) is 25.7 Å². The molecule has 3 atom stereocenters. The van der Waals surface area contributed by atoms with E-state index in [1.54, 1.807) is 0 Å². The normalized spacial score (nSPS) is 12.0. The average molecular weight is 1030 g/mol. The molecular formula is C52H75Cl2N7O6S2. The molecule has 5 aromatic carbocycles. The van der Waals surface area contributed by atoms with Gasteiger partial charge in [-0.15, -0.1) is 0 Å². The molecule has 0 saturated carbocycles. The Morgan fingerprint density at radius 2 is 1.19 bits per heavy atom. The van der Waals surface area contributed by atoms with Crippen LogP contribution in [0.15, 0.2) is 103 Å². The summed E-state index contributed by atoms with van der Waals surface area (Å²) in [5, 5.41) is 13.1. The standard InChI is InChI=1S/C52H69N7O6.2ClH.2H2S/c1-35(2)27-30-64-45-25-23-38-17-8-10-19-41(38)48(45)49-42-20-11-9-18-39(42)24-26-46(49)65-34-47(60)58-43(21-12-13-28-53)51(62)59-44(22-14-29-56-52(54)55)50(61)57-40(31-36(3)4)33-63-32-37-15-6-5-7-16-37;;;;/h5-11,15-20,23-26,35-36,40,43-44H,12-14,21-22,27-34,53H2,1-4H3,(H,57,61)(H,58,60)(H,59,62)(H4,54,55,56);2*1H;2*1H2/t40-,43+,44+;;;;/m0..../s1. The quantitative estimate of drug-likeness (QED) is 0.0196. The average Bonchev–Trinajstić information content (AvgIpc) is 3.28. The van der Waals surface area contributed by atoms with E-state index >= 15 is 0 Å². The summed E-state index contributed by atoms with van der Waals surface area (Å²) in [5.41, 5.74) is 18.0. The van der Waals surface area contributed by atoms with E-state index in [2.05, 4.69) is 84.7 Å². The van der Waals surface area contributed by atoms with Gasteiger partial charge >= 0.3 is 5.96 Å². The lowest BCUT2D eigenvalue weighted by Gasteiger charge is -2.26. The number of benzene rings is 5. The number of guanidine groups is 1. The van der Waals surface area contributed by atoms with Crippen LogP contribution in [0, 0.1) is 11.8 Å². The Hall–Kier alpha value is -4.90. The smallest absolute Gasteiger partial charge is 0.338 e. The van der Waals surface area contributed by atoms with Crippen molar-refractivity contribution < 1.29 is 64.1 Å². The zero-order valence-electron chi connectivity index (χ0n) is 40.5. The molecule has 0 bridgehead atoms. The molecule has 0 spiro atoms. The maximum atomic E-state index is 14.2. The molecule has 3 amide bonds. The number of hydrogen-bond acceptors (Lipinski definition) is 6. The van der Waals surface area contributed by atoms with Gasteiger partial charge in [-0.2, -0.15) is 27.0 Å². The molecule has 17 heteroatoms. The lowest BCUT2D eigenvalue weighted by Crippen LogP contribution is -3.00. The molecule has 0 aliphatic carbocycles. The number of fused-ring (bicyclic) bond motifs is 2. The number of carbonyl (C=O) groups excluding carboxylic acids is 3. The Morgan fingerprint density at radius 3 is 1.77 bits per heavy atom. The molecule has 5 aromatic rings. The van der Waals surface area contributed by atoms with Gasteiger partial charge in [0.15, 0.2) is 6.61 Å². The fourth-order valence-corrected chi connectivity index (χ4v) is 7.85. The molecule has 11 N–H and O–H groups in total. The largest absolute Gasteiger partial charge is 1.00 e. The van der Waals surface area contributed by atoms with E-state index < -0.39 is 23.9 Å². The summed E-state index contributed by atoms with van der Waals surface area (Å²) in [6, 6.07) is 31.9. The van der Waals surface area contributed by atoms with Crippen LogP contribution in [-0.4, -0.2) is 74.7 Å². The van der Waals surface area contributed by atoms with E-state index in [9.17, 15) is 14.4 Å². The highest BCUT2D eigenvalue weighted by Crippen LogP contribution is 2.45. The van der Waals surface area contributed by atoms with Crippen molar-refractivity contribution in [1.29, 1.82) is 0 Å². The van der Waals surface area contributed by atoms with Crippen molar-refractivity contribution >= 4 is 72.2 Å². The van der Waals surface area contributed by atoms with Gasteiger partial charge in [0.25, 0.3) is 5.91 Å². The lowest BCUT2D eigenvalue weighted by atomic mass is 9.92. The summed E-state index contributed by atoms with van der Waals surface area (Å²) in [5.74, 6) is 0.769. The van der Waals surface area contributed by atoms with Gasteiger partial charge in [0.1, 0.15) is 23.6 Å². The zero-order chi connectivity index (χ0) is 46.6. The van der Waals surface area contributed by atoms with Gasteiger partial charge in [-0.05, 0) is 96.0 Å². The summed E-state index contributed by atoms with van der Waals surface area (Å²) in [7, 11) is 0. The number of amides is 3. The van der Waals surface area contributed by atoms with Gasteiger partial charge in [0, 0.05) is 11.1 Å². The van der Waals surface area contributed by atoms with Gasteiger partial charge in [0.2, 0.25) is 11.8 Å². The fraction of sp³-hybridized carbons (Fsp3) is 0.423. The summed E-state index contributed by atoms with van der Waals surface area (Å²) in [6.45, 7) is 10.5. The monoisotopic (exact) mass is 1030 g/mol. The molecule has 0 saturated heterocycles. The highest BCUT2D eigenvalue weighted by Gasteiger charge is 2.29. The van der Waals surface area contributed by atoms with Crippen molar-refractivity contribution in [3.05, 3.63) is 109 Å². The Balaban J connectivity index is 0.00000595. The van der Waals surface area contributed by atoms with Gasteiger partial charge in [-0.25, -0.2) is 0 Å². The van der Waals surface area contributed by atoms with Crippen molar-refractivity contribution in [2.24, 2.45) is 23.3 Å². The zero-order valence-corrected chi connectivity index (χ0v) is 44.0. The van der Waals surface area contributed by atoms with E-state index in [0.717, 1.165) is 56.8 Å². The molecule has 5 rings (SSSR count). The lowest BCUT2D eigenvalue weighted by molar-refractivity contribution is -0.459. The third-order valence-electron chi connectivity index (χ3n) is 11.2. The number of nitrogens with two attached hydrogens (primary N) is 2. The van der Waals surface area contributed by atoms with Crippen molar-refractivity contribution in [2.45, 2.75) is 97.4 Å². The summed E-state index contributed by atoms with van der Waals surface area (Å²) < 4.78 is 19.0. The van der Waals surface area contributed by atoms with Gasteiger partial charge in [0.05, 0.1) is 39.0 Å². The van der Waals surface area contributed by atoms with E-state index in [1.807, 2.05) is 72.8 Å². The van der Waals surface area contributed by atoms with Crippen LogP contribution in [0.5, 0.6) is 11.5 Å².